The van der Waals surface area contributed by atoms with Gasteiger partial charge in [0.25, 0.3) is 5.91 Å². The summed E-state index contributed by atoms with van der Waals surface area (Å²) in [6.07, 6.45) is 1.47. The van der Waals surface area contributed by atoms with Crippen LogP contribution in [-0.2, 0) is 0 Å². The van der Waals surface area contributed by atoms with Crippen molar-refractivity contribution in [3.8, 4) is 17.0 Å². The largest absolute Gasteiger partial charge is 0.496 e. The van der Waals surface area contributed by atoms with E-state index < -0.39 is 6.10 Å². The molecular formula is C18H23N3O3. The number of aliphatic hydroxyl groups excluding tert-OH is 1. The van der Waals surface area contributed by atoms with Crippen LogP contribution in [0.25, 0.3) is 11.3 Å². The minimum Gasteiger partial charge on any atom is -0.496 e. The number of aromatic nitrogens is 2. The number of H-pyrrole nitrogens is 1. The molecule has 1 aliphatic rings. The molecule has 1 aromatic carbocycles. The van der Waals surface area contributed by atoms with Gasteiger partial charge in [-0.25, -0.2) is 0 Å². The Morgan fingerprint density at radius 3 is 3.00 bits per heavy atom. The molecule has 0 aliphatic carbocycles. The molecule has 1 fully saturated rings. The Labute approximate surface area is 141 Å². The quantitative estimate of drug-likeness (QED) is 0.902. The molecule has 0 bridgehead atoms. The van der Waals surface area contributed by atoms with Gasteiger partial charge in [0.2, 0.25) is 0 Å². The summed E-state index contributed by atoms with van der Waals surface area (Å²) in [7, 11) is 1.61. The van der Waals surface area contributed by atoms with Crippen LogP contribution in [0.5, 0.6) is 5.75 Å². The maximum absolute atomic E-state index is 12.7. The third-order valence-electron chi connectivity index (χ3n) is 4.62. The van der Waals surface area contributed by atoms with Crippen LogP contribution in [0.1, 0.15) is 30.3 Å². The number of methoxy groups -OCH3 is 1. The first-order chi connectivity index (χ1) is 11.6. The predicted octanol–water partition coefficient (Wildman–Crippen LogP) is 2.32. The van der Waals surface area contributed by atoms with Gasteiger partial charge in [0, 0.05) is 24.6 Å². The Bertz CT molecular complexity index is 711. The van der Waals surface area contributed by atoms with E-state index in [1.165, 1.54) is 0 Å². The van der Waals surface area contributed by atoms with Gasteiger partial charge in [0.15, 0.2) is 0 Å². The highest BCUT2D eigenvalue weighted by molar-refractivity contribution is 5.93. The summed E-state index contributed by atoms with van der Waals surface area (Å²) in [4.78, 5) is 14.5. The van der Waals surface area contributed by atoms with E-state index in [2.05, 4.69) is 10.2 Å². The zero-order valence-corrected chi connectivity index (χ0v) is 14.0. The number of aromatic amines is 1. The number of carbonyl (C=O) groups is 1. The van der Waals surface area contributed by atoms with Gasteiger partial charge in [-0.05, 0) is 38.0 Å². The molecule has 128 valence electrons. The first kappa shape index (κ1) is 16.5. The van der Waals surface area contributed by atoms with Crippen molar-refractivity contribution < 1.29 is 14.6 Å². The molecule has 1 aliphatic heterocycles. The molecule has 0 radical (unpaired) electrons. The van der Waals surface area contributed by atoms with Crippen molar-refractivity contribution in [1.82, 2.24) is 15.1 Å². The van der Waals surface area contributed by atoms with Gasteiger partial charge in [0.1, 0.15) is 11.4 Å². The molecule has 2 aromatic rings. The standard InChI is InChI=1S/C18H23N3O3/c1-12(22)13-6-5-9-21(11-13)18(23)16-10-15(19-20-16)14-7-3-4-8-17(14)24-2/h3-4,7-8,10,12-13,22H,5-6,9,11H2,1-2H3,(H,19,20). The molecule has 1 amide bonds. The van der Waals surface area contributed by atoms with Crippen molar-refractivity contribution in [2.24, 2.45) is 5.92 Å². The molecule has 3 rings (SSSR count). The number of amides is 1. The number of aliphatic hydroxyl groups is 1. The van der Waals surface area contributed by atoms with Crippen LogP contribution in [0.2, 0.25) is 0 Å². The van der Waals surface area contributed by atoms with Crippen LogP contribution < -0.4 is 4.74 Å². The van der Waals surface area contributed by atoms with Crippen molar-refractivity contribution in [3.63, 3.8) is 0 Å². The molecule has 1 saturated heterocycles. The first-order valence-corrected chi connectivity index (χ1v) is 8.26. The van der Waals surface area contributed by atoms with E-state index in [1.54, 1.807) is 25.0 Å². The van der Waals surface area contributed by atoms with Crippen molar-refractivity contribution in [2.45, 2.75) is 25.9 Å². The summed E-state index contributed by atoms with van der Waals surface area (Å²) in [5.74, 6) is 0.781. The predicted molar refractivity (Wildman–Crippen MR) is 90.9 cm³/mol. The van der Waals surface area contributed by atoms with Gasteiger partial charge < -0.3 is 14.7 Å². The zero-order valence-electron chi connectivity index (χ0n) is 14.0. The summed E-state index contributed by atoms with van der Waals surface area (Å²) >= 11 is 0. The van der Waals surface area contributed by atoms with Crippen molar-refractivity contribution in [2.75, 3.05) is 20.2 Å². The molecule has 1 aromatic heterocycles. The van der Waals surface area contributed by atoms with E-state index in [9.17, 15) is 9.90 Å². The van der Waals surface area contributed by atoms with E-state index in [4.69, 9.17) is 4.74 Å². The van der Waals surface area contributed by atoms with Gasteiger partial charge >= 0.3 is 0 Å². The fourth-order valence-corrected chi connectivity index (χ4v) is 3.18. The SMILES string of the molecule is COc1ccccc1-c1cc(C(=O)N2CCCC(C(C)O)C2)[nH]n1. The second-order valence-corrected chi connectivity index (χ2v) is 6.26. The van der Waals surface area contributed by atoms with Gasteiger partial charge in [-0.15, -0.1) is 0 Å². The Balaban J connectivity index is 1.79. The zero-order chi connectivity index (χ0) is 17.1. The second kappa shape index (κ2) is 7.05. The normalized spacial score (nSPS) is 19.1. The molecule has 0 saturated carbocycles. The number of benzene rings is 1. The topological polar surface area (TPSA) is 78.5 Å². The Morgan fingerprint density at radius 2 is 2.25 bits per heavy atom. The average Bonchev–Trinajstić information content (AvgIpc) is 3.11. The Hall–Kier alpha value is -2.34. The monoisotopic (exact) mass is 329 g/mol. The fraction of sp³-hybridized carbons (Fsp3) is 0.444. The molecular weight excluding hydrogens is 306 g/mol. The molecule has 2 heterocycles. The molecule has 6 nitrogen and oxygen atoms in total. The minimum absolute atomic E-state index is 0.0750. The maximum atomic E-state index is 12.7. The van der Waals surface area contributed by atoms with Crippen LogP contribution in [0.4, 0.5) is 0 Å². The number of para-hydroxylation sites is 1. The van der Waals surface area contributed by atoms with Gasteiger partial charge in [-0.3, -0.25) is 9.89 Å². The molecule has 2 atom stereocenters. The molecule has 2 unspecified atom stereocenters. The number of nitrogens with one attached hydrogen (secondary N) is 1. The van der Waals surface area contributed by atoms with E-state index >= 15 is 0 Å². The van der Waals surface area contributed by atoms with Crippen LogP contribution in [0.3, 0.4) is 0 Å². The summed E-state index contributed by atoms with van der Waals surface area (Å²) in [5, 5.41) is 16.9. The Morgan fingerprint density at radius 1 is 1.46 bits per heavy atom. The summed E-state index contributed by atoms with van der Waals surface area (Å²) < 4.78 is 5.35. The lowest BCUT2D eigenvalue weighted by molar-refractivity contribution is 0.0461. The number of rotatable bonds is 4. The summed E-state index contributed by atoms with van der Waals surface area (Å²) in [6, 6.07) is 9.33. The highest BCUT2D eigenvalue weighted by atomic mass is 16.5. The lowest BCUT2D eigenvalue weighted by Gasteiger charge is -2.33. The van der Waals surface area contributed by atoms with Crippen LogP contribution in [0.15, 0.2) is 30.3 Å². The molecule has 0 spiro atoms. The lowest BCUT2D eigenvalue weighted by Crippen LogP contribution is -2.43. The van der Waals surface area contributed by atoms with Crippen molar-refractivity contribution in [1.29, 1.82) is 0 Å². The van der Waals surface area contributed by atoms with Crippen molar-refractivity contribution >= 4 is 5.91 Å². The van der Waals surface area contributed by atoms with Crippen LogP contribution >= 0.6 is 0 Å². The van der Waals surface area contributed by atoms with E-state index in [1.807, 2.05) is 24.3 Å². The number of ether oxygens (including phenoxy) is 1. The maximum Gasteiger partial charge on any atom is 0.271 e. The lowest BCUT2D eigenvalue weighted by atomic mass is 9.93. The third kappa shape index (κ3) is 3.28. The summed E-state index contributed by atoms with van der Waals surface area (Å²) in [5.41, 5.74) is 1.98. The van der Waals surface area contributed by atoms with E-state index in [0.29, 0.717) is 24.5 Å². The van der Waals surface area contributed by atoms with Gasteiger partial charge in [-0.1, -0.05) is 12.1 Å². The van der Waals surface area contributed by atoms with Gasteiger partial charge in [-0.2, -0.15) is 5.10 Å². The second-order valence-electron chi connectivity index (χ2n) is 6.26. The number of likely N-dealkylation sites (tertiary alicyclic amines) is 1. The number of hydrogen-bond acceptors (Lipinski definition) is 4. The highest BCUT2D eigenvalue weighted by Crippen LogP contribution is 2.29. The molecule has 24 heavy (non-hydrogen) atoms. The third-order valence-corrected chi connectivity index (χ3v) is 4.62. The fourth-order valence-electron chi connectivity index (χ4n) is 3.18. The molecule has 6 heteroatoms. The van der Waals surface area contributed by atoms with Gasteiger partial charge in [0.05, 0.1) is 18.9 Å². The number of hydrogen-bond donors (Lipinski definition) is 2. The number of nitrogens with zero attached hydrogens (tertiary/aromatic N) is 2. The first-order valence-electron chi connectivity index (χ1n) is 8.26. The van der Waals surface area contributed by atoms with Crippen LogP contribution in [-0.4, -0.2) is 52.4 Å². The Kier molecular flexibility index (Phi) is 4.85. The smallest absolute Gasteiger partial charge is 0.271 e. The summed E-state index contributed by atoms with van der Waals surface area (Å²) in [6.45, 7) is 3.08. The molecule has 2 N–H and O–H groups in total. The van der Waals surface area contributed by atoms with E-state index in [-0.39, 0.29) is 11.8 Å². The average molecular weight is 329 g/mol. The number of piperidine rings is 1. The van der Waals surface area contributed by atoms with E-state index in [0.717, 1.165) is 24.2 Å². The number of carbonyl (C=O) groups excluding carboxylic acids is 1. The highest BCUT2D eigenvalue weighted by Gasteiger charge is 2.28. The van der Waals surface area contributed by atoms with Crippen molar-refractivity contribution in [3.05, 3.63) is 36.0 Å². The van der Waals surface area contributed by atoms with Crippen LogP contribution in [0, 0.1) is 5.92 Å². The minimum atomic E-state index is -0.397.